The molecule has 0 spiro atoms. The van der Waals surface area contributed by atoms with Crippen molar-refractivity contribution in [3.8, 4) is 0 Å². The Balaban J connectivity index is 2.01. The summed E-state index contributed by atoms with van der Waals surface area (Å²) in [5.41, 5.74) is 0.210. The largest absolute Gasteiger partial charge is 0.454 e. The van der Waals surface area contributed by atoms with Crippen LogP contribution in [0.15, 0.2) is 29.3 Å². The Morgan fingerprint density at radius 1 is 1.48 bits per heavy atom. The molecule has 1 atom stereocenters. The normalized spacial score (nSPS) is 18.7. The van der Waals surface area contributed by atoms with Crippen LogP contribution >= 0.6 is 11.3 Å². The Labute approximate surface area is 136 Å². The summed E-state index contributed by atoms with van der Waals surface area (Å²) in [5, 5.41) is 4.91. The highest BCUT2D eigenvalue weighted by molar-refractivity contribution is 7.10. The smallest absolute Gasteiger partial charge is 0.387 e. The second-order valence-corrected chi connectivity index (χ2v) is 6.23. The number of thiophene rings is 1. The van der Waals surface area contributed by atoms with Gasteiger partial charge in [0.2, 0.25) is 0 Å². The van der Waals surface area contributed by atoms with Crippen LogP contribution in [0.4, 0.5) is 13.2 Å². The van der Waals surface area contributed by atoms with Crippen molar-refractivity contribution < 1.29 is 22.7 Å². The highest BCUT2D eigenvalue weighted by Crippen LogP contribution is 2.25. The summed E-state index contributed by atoms with van der Waals surface area (Å²) in [7, 11) is 0. The van der Waals surface area contributed by atoms with Crippen molar-refractivity contribution in [1.82, 2.24) is 10.2 Å². The highest BCUT2D eigenvalue weighted by atomic mass is 32.1. The van der Waals surface area contributed by atoms with Crippen LogP contribution < -0.4 is 5.32 Å². The van der Waals surface area contributed by atoms with Crippen molar-refractivity contribution in [2.24, 2.45) is 0 Å². The van der Waals surface area contributed by atoms with Gasteiger partial charge in [-0.2, -0.15) is 13.2 Å². The topological polar surface area (TPSA) is 41.6 Å². The molecule has 0 bridgehead atoms. The van der Waals surface area contributed by atoms with E-state index in [2.05, 4.69) is 10.2 Å². The molecule has 1 saturated heterocycles. The van der Waals surface area contributed by atoms with Crippen molar-refractivity contribution >= 4 is 17.1 Å². The van der Waals surface area contributed by atoms with Crippen LogP contribution in [0.2, 0.25) is 0 Å². The van der Waals surface area contributed by atoms with Crippen LogP contribution in [0.5, 0.6) is 0 Å². The maximum absolute atomic E-state index is 12.3. The molecule has 0 aliphatic carbocycles. The third-order valence-corrected chi connectivity index (χ3v) is 4.53. The summed E-state index contributed by atoms with van der Waals surface area (Å²) < 4.78 is 42.2. The third kappa shape index (κ3) is 5.33. The summed E-state index contributed by atoms with van der Waals surface area (Å²) in [5.74, 6) is -1.85. The Morgan fingerprint density at radius 3 is 2.74 bits per heavy atom. The number of morpholine rings is 1. The van der Waals surface area contributed by atoms with E-state index in [-0.39, 0.29) is 11.7 Å². The van der Waals surface area contributed by atoms with E-state index < -0.39 is 12.0 Å². The first-order valence-electron chi connectivity index (χ1n) is 7.26. The van der Waals surface area contributed by atoms with Crippen LogP contribution in [-0.2, 0) is 9.53 Å². The van der Waals surface area contributed by atoms with Crippen molar-refractivity contribution in [3.05, 3.63) is 34.2 Å². The van der Waals surface area contributed by atoms with Gasteiger partial charge in [-0.05, 0) is 18.4 Å². The molecule has 1 aromatic heterocycles. The molecule has 0 aromatic carbocycles. The molecular formula is C15H19F3N2O2S. The first kappa shape index (κ1) is 18.0. The van der Waals surface area contributed by atoms with E-state index in [0.717, 1.165) is 18.0 Å². The molecule has 2 rings (SSSR count). The van der Waals surface area contributed by atoms with Gasteiger partial charge in [0.1, 0.15) is 0 Å². The SMILES string of the molecule is C/C(=C/C(=O)C(F)(F)F)NCC(c1cccs1)N1CCOCC1. The summed E-state index contributed by atoms with van der Waals surface area (Å²) in [4.78, 5) is 14.4. The predicted octanol–water partition coefficient (Wildman–Crippen LogP) is 2.75. The minimum Gasteiger partial charge on any atom is -0.387 e. The van der Waals surface area contributed by atoms with Crippen LogP contribution in [0.3, 0.4) is 0 Å². The zero-order valence-corrected chi connectivity index (χ0v) is 13.5. The first-order chi connectivity index (χ1) is 10.9. The first-order valence-corrected chi connectivity index (χ1v) is 8.14. The van der Waals surface area contributed by atoms with E-state index in [0.29, 0.717) is 25.8 Å². The van der Waals surface area contributed by atoms with Crippen molar-refractivity contribution in [3.63, 3.8) is 0 Å². The lowest BCUT2D eigenvalue weighted by atomic mass is 10.2. The molecule has 128 valence electrons. The molecule has 4 nitrogen and oxygen atoms in total. The number of carbonyl (C=O) groups excluding carboxylic acids is 1. The molecule has 0 radical (unpaired) electrons. The molecule has 1 aliphatic heterocycles. The van der Waals surface area contributed by atoms with Gasteiger partial charge >= 0.3 is 6.18 Å². The van der Waals surface area contributed by atoms with E-state index in [9.17, 15) is 18.0 Å². The standard InChI is InChI=1S/C15H19F3N2O2S/c1-11(9-14(21)15(16,17)18)19-10-12(13-3-2-8-23-13)20-4-6-22-7-5-20/h2-3,8-9,12,19H,4-7,10H2,1H3/b11-9-. The number of ketones is 1. The number of hydrogen-bond acceptors (Lipinski definition) is 5. The lowest BCUT2D eigenvalue weighted by Crippen LogP contribution is -2.42. The zero-order chi connectivity index (χ0) is 16.9. The molecule has 0 saturated carbocycles. The number of hydrogen-bond donors (Lipinski definition) is 1. The Hall–Kier alpha value is -1.38. The summed E-state index contributed by atoms with van der Waals surface area (Å²) in [6.45, 7) is 4.73. The van der Waals surface area contributed by atoms with Gasteiger partial charge in [-0.1, -0.05) is 6.07 Å². The van der Waals surface area contributed by atoms with Gasteiger partial charge in [0.15, 0.2) is 0 Å². The Morgan fingerprint density at radius 2 is 2.17 bits per heavy atom. The number of nitrogens with zero attached hydrogens (tertiary/aromatic N) is 1. The molecule has 1 aliphatic rings. The maximum atomic E-state index is 12.3. The number of rotatable bonds is 6. The van der Waals surface area contributed by atoms with Crippen molar-refractivity contribution in [1.29, 1.82) is 0 Å². The third-order valence-electron chi connectivity index (χ3n) is 3.56. The fourth-order valence-electron chi connectivity index (χ4n) is 2.37. The minimum absolute atomic E-state index is 0.0447. The minimum atomic E-state index is -4.83. The van der Waals surface area contributed by atoms with E-state index >= 15 is 0 Å². The zero-order valence-electron chi connectivity index (χ0n) is 12.7. The Bertz CT molecular complexity index is 537. The van der Waals surface area contributed by atoms with E-state index in [4.69, 9.17) is 4.74 Å². The van der Waals surface area contributed by atoms with E-state index in [1.54, 1.807) is 11.3 Å². The molecule has 1 unspecified atom stereocenters. The number of allylic oxidation sites excluding steroid dienone is 2. The number of alkyl halides is 3. The lowest BCUT2D eigenvalue weighted by molar-refractivity contribution is -0.165. The van der Waals surface area contributed by atoms with Crippen LogP contribution in [0.1, 0.15) is 17.8 Å². The van der Waals surface area contributed by atoms with Gasteiger partial charge in [-0.15, -0.1) is 11.3 Å². The van der Waals surface area contributed by atoms with E-state index in [1.807, 2.05) is 17.5 Å². The number of halogens is 3. The fraction of sp³-hybridized carbons (Fsp3) is 0.533. The van der Waals surface area contributed by atoms with Crippen molar-refractivity contribution in [2.45, 2.75) is 19.1 Å². The molecule has 0 amide bonds. The molecule has 2 heterocycles. The van der Waals surface area contributed by atoms with Crippen molar-refractivity contribution in [2.75, 3.05) is 32.8 Å². The molecule has 8 heteroatoms. The summed E-state index contributed by atoms with van der Waals surface area (Å²) in [6, 6.07) is 4.00. The molecular weight excluding hydrogens is 329 g/mol. The van der Waals surface area contributed by atoms with Gasteiger partial charge in [0, 0.05) is 36.3 Å². The second kappa shape index (κ2) is 7.94. The average Bonchev–Trinajstić information content (AvgIpc) is 3.01. The molecule has 23 heavy (non-hydrogen) atoms. The fourth-order valence-corrected chi connectivity index (χ4v) is 3.23. The Kier molecular flexibility index (Phi) is 6.20. The van der Waals surface area contributed by atoms with Gasteiger partial charge in [-0.3, -0.25) is 9.69 Å². The number of nitrogens with one attached hydrogen (secondary N) is 1. The predicted molar refractivity (Wildman–Crippen MR) is 82.3 cm³/mol. The summed E-state index contributed by atoms with van der Waals surface area (Å²) >= 11 is 1.61. The second-order valence-electron chi connectivity index (χ2n) is 5.25. The van der Waals surface area contributed by atoms with E-state index in [1.165, 1.54) is 6.92 Å². The number of ether oxygens (including phenoxy) is 1. The highest BCUT2D eigenvalue weighted by Gasteiger charge is 2.36. The van der Waals surface area contributed by atoms with Gasteiger partial charge in [-0.25, -0.2) is 0 Å². The van der Waals surface area contributed by atoms with Gasteiger partial charge < -0.3 is 10.1 Å². The monoisotopic (exact) mass is 348 g/mol. The maximum Gasteiger partial charge on any atom is 0.454 e. The summed E-state index contributed by atoms with van der Waals surface area (Å²) in [6.07, 6.45) is -4.23. The molecule has 1 N–H and O–H groups in total. The molecule has 1 aromatic rings. The number of carbonyl (C=O) groups is 1. The van der Waals surface area contributed by atoms with Gasteiger partial charge in [0.25, 0.3) is 5.78 Å². The van der Waals surface area contributed by atoms with Crippen LogP contribution in [-0.4, -0.2) is 49.7 Å². The van der Waals surface area contributed by atoms with Gasteiger partial charge in [0.05, 0.1) is 19.3 Å². The quantitative estimate of drug-likeness (QED) is 0.803. The lowest BCUT2D eigenvalue weighted by Gasteiger charge is -2.34. The average molecular weight is 348 g/mol. The van der Waals surface area contributed by atoms with Crippen LogP contribution in [0, 0.1) is 0 Å². The molecule has 1 fully saturated rings. The van der Waals surface area contributed by atoms with Crippen LogP contribution in [0.25, 0.3) is 0 Å².